The molecule has 2 aromatic rings. The first-order valence-electron chi connectivity index (χ1n) is 6.15. The molecule has 0 aliphatic rings. The normalized spacial score (nSPS) is 11.2. The third-order valence-corrected chi connectivity index (χ3v) is 3.96. The van der Waals surface area contributed by atoms with Gasteiger partial charge in [0.1, 0.15) is 5.82 Å². The molecule has 0 spiro atoms. The van der Waals surface area contributed by atoms with Crippen LogP contribution in [0.5, 0.6) is 0 Å². The van der Waals surface area contributed by atoms with Crippen LogP contribution in [-0.2, 0) is 13.1 Å². The minimum atomic E-state index is -0.182. The lowest BCUT2D eigenvalue weighted by Gasteiger charge is -2.17. The minimum absolute atomic E-state index is 0.0665. The van der Waals surface area contributed by atoms with E-state index in [1.165, 1.54) is 17.4 Å². The maximum absolute atomic E-state index is 13.5. The van der Waals surface area contributed by atoms with Gasteiger partial charge in [0, 0.05) is 36.3 Å². The van der Waals surface area contributed by atoms with E-state index in [1.807, 2.05) is 30.3 Å². The number of likely N-dealkylation sites (N-methyl/N-ethyl adjacent to an activating group) is 1. The van der Waals surface area contributed by atoms with Gasteiger partial charge < -0.3 is 9.47 Å². The summed E-state index contributed by atoms with van der Waals surface area (Å²) in [5.74, 6) is -0.182. The molecule has 19 heavy (non-hydrogen) atoms. The SMILES string of the molecule is Cc1csc(=O)n1CCN(C)Cc1ccccc1F. The summed E-state index contributed by atoms with van der Waals surface area (Å²) in [6.45, 7) is 3.82. The highest BCUT2D eigenvalue weighted by molar-refractivity contribution is 7.07. The van der Waals surface area contributed by atoms with E-state index in [4.69, 9.17) is 0 Å². The van der Waals surface area contributed by atoms with E-state index in [0.717, 1.165) is 5.69 Å². The van der Waals surface area contributed by atoms with Crippen LogP contribution in [0.3, 0.4) is 0 Å². The smallest absolute Gasteiger partial charge is 0.302 e. The van der Waals surface area contributed by atoms with Crippen LogP contribution in [-0.4, -0.2) is 23.1 Å². The van der Waals surface area contributed by atoms with Gasteiger partial charge in [0.25, 0.3) is 0 Å². The quantitative estimate of drug-likeness (QED) is 0.841. The lowest BCUT2D eigenvalue weighted by molar-refractivity contribution is 0.305. The second-order valence-corrected chi connectivity index (χ2v) is 5.44. The first kappa shape index (κ1) is 14.0. The zero-order valence-electron chi connectivity index (χ0n) is 11.1. The van der Waals surface area contributed by atoms with Crippen LogP contribution in [0.4, 0.5) is 4.39 Å². The van der Waals surface area contributed by atoms with Gasteiger partial charge in [-0.2, -0.15) is 0 Å². The summed E-state index contributed by atoms with van der Waals surface area (Å²) < 4.78 is 15.3. The fourth-order valence-electron chi connectivity index (χ4n) is 1.94. The highest BCUT2D eigenvalue weighted by atomic mass is 32.1. The summed E-state index contributed by atoms with van der Waals surface area (Å²) in [4.78, 5) is 13.7. The van der Waals surface area contributed by atoms with Crippen molar-refractivity contribution in [3.8, 4) is 0 Å². The van der Waals surface area contributed by atoms with Gasteiger partial charge >= 0.3 is 4.87 Å². The third kappa shape index (κ3) is 3.52. The number of hydrogen-bond donors (Lipinski definition) is 0. The van der Waals surface area contributed by atoms with Crippen molar-refractivity contribution in [3.63, 3.8) is 0 Å². The molecule has 2 rings (SSSR count). The summed E-state index contributed by atoms with van der Waals surface area (Å²) in [5, 5.41) is 1.86. The van der Waals surface area contributed by atoms with Gasteiger partial charge in [-0.25, -0.2) is 4.39 Å². The minimum Gasteiger partial charge on any atom is -0.302 e. The second kappa shape index (κ2) is 6.12. The lowest BCUT2D eigenvalue weighted by atomic mass is 10.2. The predicted molar refractivity (Wildman–Crippen MR) is 76.1 cm³/mol. The molecule has 0 atom stereocenters. The lowest BCUT2D eigenvalue weighted by Crippen LogP contribution is -2.27. The summed E-state index contributed by atoms with van der Waals surface area (Å²) in [7, 11) is 1.93. The third-order valence-electron chi connectivity index (χ3n) is 3.08. The van der Waals surface area contributed by atoms with E-state index < -0.39 is 0 Å². The molecule has 0 radical (unpaired) electrons. The molecule has 0 unspecified atom stereocenters. The van der Waals surface area contributed by atoms with Gasteiger partial charge in [0.15, 0.2) is 0 Å². The maximum atomic E-state index is 13.5. The zero-order chi connectivity index (χ0) is 13.8. The summed E-state index contributed by atoms with van der Waals surface area (Å²) in [6, 6.07) is 6.78. The number of rotatable bonds is 5. The van der Waals surface area contributed by atoms with Gasteiger partial charge in [-0.1, -0.05) is 29.5 Å². The Morgan fingerprint density at radius 1 is 1.37 bits per heavy atom. The first-order valence-corrected chi connectivity index (χ1v) is 7.03. The van der Waals surface area contributed by atoms with E-state index >= 15 is 0 Å². The largest absolute Gasteiger partial charge is 0.307 e. The molecule has 5 heteroatoms. The van der Waals surface area contributed by atoms with Crippen LogP contribution in [0.2, 0.25) is 0 Å². The molecular formula is C14H17FN2OS. The molecule has 0 aliphatic carbocycles. The maximum Gasteiger partial charge on any atom is 0.307 e. The van der Waals surface area contributed by atoms with Crippen molar-refractivity contribution < 1.29 is 4.39 Å². The molecule has 0 aliphatic heterocycles. The molecule has 0 saturated heterocycles. The standard InChI is InChI=1S/C14H17FN2OS/c1-11-10-19-14(18)17(11)8-7-16(2)9-12-5-3-4-6-13(12)15/h3-6,10H,7-9H2,1-2H3. The van der Waals surface area contributed by atoms with Crippen molar-refractivity contribution in [3.05, 3.63) is 56.4 Å². The Balaban J connectivity index is 1.94. The Kier molecular flexibility index (Phi) is 4.50. The molecule has 0 saturated carbocycles. The molecule has 1 aromatic carbocycles. The topological polar surface area (TPSA) is 25.2 Å². The van der Waals surface area contributed by atoms with Crippen molar-refractivity contribution in [1.29, 1.82) is 0 Å². The van der Waals surface area contributed by atoms with Gasteiger partial charge in [0.05, 0.1) is 0 Å². The molecule has 0 amide bonds. The Morgan fingerprint density at radius 3 is 2.74 bits per heavy atom. The van der Waals surface area contributed by atoms with Crippen LogP contribution in [0.1, 0.15) is 11.3 Å². The molecule has 0 fully saturated rings. The number of hydrogen-bond acceptors (Lipinski definition) is 3. The predicted octanol–water partition coefficient (Wildman–Crippen LogP) is 2.49. The Hall–Kier alpha value is -1.46. The van der Waals surface area contributed by atoms with Crippen molar-refractivity contribution in [2.45, 2.75) is 20.0 Å². The van der Waals surface area contributed by atoms with E-state index in [0.29, 0.717) is 25.2 Å². The van der Waals surface area contributed by atoms with Gasteiger partial charge in [-0.15, -0.1) is 0 Å². The highest BCUT2D eigenvalue weighted by Gasteiger charge is 2.07. The van der Waals surface area contributed by atoms with E-state index in [9.17, 15) is 9.18 Å². The van der Waals surface area contributed by atoms with Gasteiger partial charge in [0.2, 0.25) is 0 Å². The fourth-order valence-corrected chi connectivity index (χ4v) is 2.70. The Morgan fingerprint density at radius 2 is 2.11 bits per heavy atom. The van der Waals surface area contributed by atoms with E-state index in [-0.39, 0.29) is 10.7 Å². The second-order valence-electron chi connectivity index (χ2n) is 4.62. The van der Waals surface area contributed by atoms with Crippen LogP contribution in [0, 0.1) is 12.7 Å². The first-order chi connectivity index (χ1) is 9.08. The summed E-state index contributed by atoms with van der Waals surface area (Å²) >= 11 is 1.22. The molecule has 0 bridgehead atoms. The molecule has 1 aromatic heterocycles. The summed E-state index contributed by atoms with van der Waals surface area (Å²) in [6.07, 6.45) is 0. The highest BCUT2D eigenvalue weighted by Crippen LogP contribution is 2.09. The van der Waals surface area contributed by atoms with Crippen LogP contribution in [0.25, 0.3) is 0 Å². The van der Waals surface area contributed by atoms with Crippen molar-refractivity contribution in [2.75, 3.05) is 13.6 Å². The number of nitrogens with zero attached hydrogens (tertiary/aromatic N) is 2. The molecule has 102 valence electrons. The molecule has 0 N–H and O–H groups in total. The molecule has 3 nitrogen and oxygen atoms in total. The van der Waals surface area contributed by atoms with Gasteiger partial charge in [-0.3, -0.25) is 4.79 Å². The van der Waals surface area contributed by atoms with Crippen molar-refractivity contribution >= 4 is 11.3 Å². The van der Waals surface area contributed by atoms with Gasteiger partial charge in [-0.05, 0) is 20.0 Å². The molecular weight excluding hydrogens is 263 g/mol. The van der Waals surface area contributed by atoms with Crippen LogP contribution < -0.4 is 4.87 Å². The number of thiazole rings is 1. The number of aromatic nitrogens is 1. The number of benzene rings is 1. The van der Waals surface area contributed by atoms with Crippen molar-refractivity contribution in [1.82, 2.24) is 9.47 Å². The zero-order valence-corrected chi connectivity index (χ0v) is 11.9. The Labute approximate surface area is 115 Å². The van der Waals surface area contributed by atoms with Crippen LogP contribution >= 0.6 is 11.3 Å². The fraction of sp³-hybridized carbons (Fsp3) is 0.357. The van der Waals surface area contributed by atoms with E-state index in [1.54, 1.807) is 16.7 Å². The van der Waals surface area contributed by atoms with Crippen molar-refractivity contribution in [2.24, 2.45) is 0 Å². The number of halogens is 1. The average Bonchev–Trinajstić information content (AvgIpc) is 2.70. The summed E-state index contributed by atoms with van der Waals surface area (Å²) in [5.41, 5.74) is 1.66. The van der Waals surface area contributed by atoms with E-state index in [2.05, 4.69) is 0 Å². The van der Waals surface area contributed by atoms with Crippen LogP contribution in [0.15, 0.2) is 34.4 Å². The number of aryl methyl sites for hydroxylation is 1. The average molecular weight is 280 g/mol. The Bertz CT molecular complexity index is 605. The monoisotopic (exact) mass is 280 g/mol. The molecule has 1 heterocycles.